The van der Waals surface area contributed by atoms with Crippen molar-refractivity contribution in [2.75, 3.05) is 40.4 Å². The van der Waals surface area contributed by atoms with Crippen molar-refractivity contribution in [2.45, 2.75) is 39.7 Å². The van der Waals surface area contributed by atoms with E-state index in [-0.39, 0.29) is 0 Å². The molecule has 0 saturated heterocycles. The second kappa shape index (κ2) is 6.72. The molecule has 0 amide bonds. The van der Waals surface area contributed by atoms with Gasteiger partial charge in [-0.1, -0.05) is 20.8 Å². The van der Waals surface area contributed by atoms with Crippen LogP contribution in [0.1, 0.15) is 33.6 Å². The van der Waals surface area contributed by atoms with E-state index in [2.05, 4.69) is 45.1 Å². The molecule has 1 N–H and O–H groups in total. The van der Waals surface area contributed by atoms with E-state index < -0.39 is 0 Å². The highest BCUT2D eigenvalue weighted by Gasteiger charge is 2.35. The molecule has 1 aliphatic carbocycles. The largest absolute Gasteiger partial charge is 0.379 e. The van der Waals surface area contributed by atoms with Crippen LogP contribution in [0.5, 0.6) is 0 Å². The van der Waals surface area contributed by atoms with Gasteiger partial charge in [0.25, 0.3) is 0 Å². The second-order valence-corrected chi connectivity index (χ2v) is 6.53. The molecule has 102 valence electrons. The maximum Gasteiger partial charge on any atom is 0.0593 e. The standard InChI is InChI=1S/C14H30N2O/c1-12-10-14(2,3)11-13(12)15-6-8-17-9-7-16(4)5/h12-13,15H,6-11H2,1-5H3. The molecule has 2 unspecified atom stereocenters. The van der Waals surface area contributed by atoms with Gasteiger partial charge >= 0.3 is 0 Å². The van der Waals surface area contributed by atoms with Crippen LogP contribution in [0.3, 0.4) is 0 Å². The fraction of sp³-hybridized carbons (Fsp3) is 1.00. The Kier molecular flexibility index (Phi) is 5.90. The van der Waals surface area contributed by atoms with Gasteiger partial charge in [0.15, 0.2) is 0 Å². The second-order valence-electron chi connectivity index (χ2n) is 6.53. The van der Waals surface area contributed by atoms with Gasteiger partial charge in [0.05, 0.1) is 13.2 Å². The van der Waals surface area contributed by atoms with E-state index in [0.29, 0.717) is 11.5 Å². The minimum absolute atomic E-state index is 0.517. The molecule has 17 heavy (non-hydrogen) atoms. The minimum atomic E-state index is 0.517. The molecule has 1 rings (SSSR count). The van der Waals surface area contributed by atoms with Crippen LogP contribution < -0.4 is 5.32 Å². The van der Waals surface area contributed by atoms with Crippen molar-refractivity contribution in [2.24, 2.45) is 11.3 Å². The summed E-state index contributed by atoms with van der Waals surface area (Å²) in [5, 5.41) is 3.64. The summed E-state index contributed by atoms with van der Waals surface area (Å²) < 4.78 is 5.59. The number of nitrogens with one attached hydrogen (secondary N) is 1. The Morgan fingerprint density at radius 3 is 2.47 bits per heavy atom. The van der Waals surface area contributed by atoms with Crippen LogP contribution in [0.4, 0.5) is 0 Å². The molecule has 0 heterocycles. The SMILES string of the molecule is CC1CC(C)(C)CC1NCCOCCN(C)C. The van der Waals surface area contributed by atoms with E-state index in [1.54, 1.807) is 0 Å². The number of likely N-dealkylation sites (N-methyl/N-ethyl adjacent to an activating group) is 1. The highest BCUT2D eigenvalue weighted by Crippen LogP contribution is 2.40. The molecule has 0 radical (unpaired) electrons. The van der Waals surface area contributed by atoms with E-state index in [0.717, 1.165) is 32.2 Å². The Hall–Kier alpha value is -0.120. The van der Waals surface area contributed by atoms with Crippen LogP contribution >= 0.6 is 0 Å². The van der Waals surface area contributed by atoms with Crippen LogP contribution in [-0.2, 0) is 4.74 Å². The third-order valence-corrected chi connectivity index (χ3v) is 3.67. The van der Waals surface area contributed by atoms with Crippen molar-refractivity contribution >= 4 is 0 Å². The minimum Gasteiger partial charge on any atom is -0.379 e. The number of hydrogen-bond acceptors (Lipinski definition) is 3. The van der Waals surface area contributed by atoms with Gasteiger partial charge in [-0.2, -0.15) is 0 Å². The lowest BCUT2D eigenvalue weighted by molar-refractivity contribution is 0.116. The Morgan fingerprint density at radius 2 is 1.94 bits per heavy atom. The van der Waals surface area contributed by atoms with Gasteiger partial charge in [-0.05, 0) is 38.3 Å². The van der Waals surface area contributed by atoms with E-state index in [9.17, 15) is 0 Å². The molecule has 3 heteroatoms. The monoisotopic (exact) mass is 242 g/mol. The molecule has 0 aromatic carbocycles. The molecule has 0 bridgehead atoms. The van der Waals surface area contributed by atoms with Crippen LogP contribution in [0.15, 0.2) is 0 Å². The summed E-state index contributed by atoms with van der Waals surface area (Å²) in [5.41, 5.74) is 0.517. The molecule has 0 spiro atoms. The van der Waals surface area contributed by atoms with Crippen molar-refractivity contribution in [3.63, 3.8) is 0 Å². The Labute approximate surface area is 107 Å². The van der Waals surface area contributed by atoms with Gasteiger partial charge in [0, 0.05) is 19.1 Å². The topological polar surface area (TPSA) is 24.5 Å². The predicted molar refractivity (Wildman–Crippen MR) is 73.3 cm³/mol. The van der Waals surface area contributed by atoms with E-state index in [1.165, 1.54) is 12.8 Å². The molecule has 0 aliphatic heterocycles. The average Bonchev–Trinajstić information content (AvgIpc) is 2.45. The molecule has 2 atom stereocenters. The predicted octanol–water partition coefficient (Wildman–Crippen LogP) is 1.98. The zero-order valence-corrected chi connectivity index (χ0v) is 12.3. The first kappa shape index (κ1) is 14.9. The lowest BCUT2D eigenvalue weighted by atomic mass is 9.91. The van der Waals surface area contributed by atoms with Gasteiger partial charge in [0.2, 0.25) is 0 Å². The lowest BCUT2D eigenvalue weighted by Gasteiger charge is -2.18. The van der Waals surface area contributed by atoms with Crippen LogP contribution in [0.25, 0.3) is 0 Å². The fourth-order valence-corrected chi connectivity index (χ4v) is 2.83. The van der Waals surface area contributed by atoms with Gasteiger partial charge < -0.3 is 15.0 Å². The van der Waals surface area contributed by atoms with Crippen molar-refractivity contribution < 1.29 is 4.74 Å². The zero-order chi connectivity index (χ0) is 12.9. The van der Waals surface area contributed by atoms with Crippen LogP contribution in [0, 0.1) is 11.3 Å². The maximum atomic E-state index is 5.59. The maximum absolute atomic E-state index is 5.59. The van der Waals surface area contributed by atoms with Gasteiger partial charge in [-0.3, -0.25) is 0 Å². The first-order valence-electron chi connectivity index (χ1n) is 6.86. The molecule has 0 aromatic rings. The average molecular weight is 242 g/mol. The summed E-state index contributed by atoms with van der Waals surface area (Å²) in [7, 11) is 4.15. The summed E-state index contributed by atoms with van der Waals surface area (Å²) in [6, 6.07) is 0.683. The third kappa shape index (κ3) is 5.84. The first-order valence-corrected chi connectivity index (χ1v) is 6.86. The van der Waals surface area contributed by atoms with Crippen molar-refractivity contribution in [1.82, 2.24) is 10.2 Å². The Morgan fingerprint density at radius 1 is 1.24 bits per heavy atom. The van der Waals surface area contributed by atoms with Crippen molar-refractivity contribution in [3.05, 3.63) is 0 Å². The summed E-state index contributed by atoms with van der Waals surface area (Å²) in [6.07, 6.45) is 2.64. The number of ether oxygens (including phenoxy) is 1. The number of nitrogens with zero attached hydrogens (tertiary/aromatic N) is 1. The normalized spacial score (nSPS) is 27.9. The molecule has 1 fully saturated rings. The van der Waals surface area contributed by atoms with Gasteiger partial charge in [-0.25, -0.2) is 0 Å². The molecule has 3 nitrogen and oxygen atoms in total. The Balaban J connectivity index is 2.03. The molecule has 0 aromatic heterocycles. The molecule has 1 aliphatic rings. The Bertz CT molecular complexity index is 216. The highest BCUT2D eigenvalue weighted by atomic mass is 16.5. The fourth-order valence-electron chi connectivity index (χ4n) is 2.83. The molecular formula is C14H30N2O. The number of rotatable bonds is 7. The van der Waals surface area contributed by atoms with Crippen molar-refractivity contribution in [1.29, 1.82) is 0 Å². The van der Waals surface area contributed by atoms with Crippen LogP contribution in [-0.4, -0.2) is 51.3 Å². The molecule has 1 saturated carbocycles. The summed E-state index contributed by atoms with van der Waals surface area (Å²) in [4.78, 5) is 2.15. The van der Waals surface area contributed by atoms with E-state index in [1.807, 2.05) is 0 Å². The van der Waals surface area contributed by atoms with E-state index in [4.69, 9.17) is 4.74 Å². The smallest absolute Gasteiger partial charge is 0.0593 e. The van der Waals surface area contributed by atoms with Crippen molar-refractivity contribution in [3.8, 4) is 0 Å². The lowest BCUT2D eigenvalue weighted by Crippen LogP contribution is -2.34. The highest BCUT2D eigenvalue weighted by molar-refractivity contribution is 4.90. The quantitative estimate of drug-likeness (QED) is 0.691. The number of hydrogen-bond donors (Lipinski definition) is 1. The summed E-state index contributed by atoms with van der Waals surface area (Å²) in [5.74, 6) is 0.798. The first-order chi connectivity index (χ1) is 7.91. The third-order valence-electron chi connectivity index (χ3n) is 3.67. The zero-order valence-electron chi connectivity index (χ0n) is 12.3. The van der Waals surface area contributed by atoms with Crippen LogP contribution in [0.2, 0.25) is 0 Å². The van der Waals surface area contributed by atoms with E-state index >= 15 is 0 Å². The summed E-state index contributed by atoms with van der Waals surface area (Å²) >= 11 is 0. The molecular weight excluding hydrogens is 212 g/mol. The van der Waals surface area contributed by atoms with Gasteiger partial charge in [0.1, 0.15) is 0 Å². The summed E-state index contributed by atoms with van der Waals surface area (Å²) in [6.45, 7) is 10.8. The van der Waals surface area contributed by atoms with Gasteiger partial charge in [-0.15, -0.1) is 0 Å².